The van der Waals surface area contributed by atoms with Crippen LogP contribution in [0, 0.1) is 5.92 Å². The Labute approximate surface area is 99.2 Å². The Morgan fingerprint density at radius 1 is 1.44 bits per heavy atom. The molecule has 1 aromatic carbocycles. The summed E-state index contributed by atoms with van der Waals surface area (Å²) in [5, 5.41) is 3.53. The van der Waals surface area contributed by atoms with Gasteiger partial charge in [0.2, 0.25) is 0 Å². The molecule has 0 aromatic heterocycles. The Balaban J connectivity index is 1.87. The zero-order chi connectivity index (χ0) is 11.4. The van der Waals surface area contributed by atoms with Crippen LogP contribution in [-0.4, -0.2) is 13.2 Å². The second-order valence-electron chi connectivity index (χ2n) is 4.57. The molecule has 1 aromatic rings. The molecule has 0 amide bonds. The first kappa shape index (κ1) is 11.3. The zero-order valence-corrected chi connectivity index (χ0v) is 9.95. The molecule has 83 valence electrons. The van der Waals surface area contributed by atoms with E-state index in [9.17, 15) is 0 Å². The largest absolute Gasteiger partial charge is 0.394 e. The first-order valence-corrected chi connectivity index (χ1v) is 6.08. The highest BCUT2D eigenvalue weighted by Crippen LogP contribution is 2.34. The van der Waals surface area contributed by atoms with Crippen molar-refractivity contribution in [3.05, 3.63) is 48.2 Å². The third kappa shape index (κ3) is 3.16. The minimum Gasteiger partial charge on any atom is -0.394 e. The normalized spacial score (nSPS) is 16.6. The Bertz CT molecular complexity index is 343. The molecule has 0 saturated heterocycles. The highest BCUT2D eigenvalue weighted by Gasteiger charge is 2.25. The molecule has 1 aliphatic carbocycles. The van der Waals surface area contributed by atoms with Crippen molar-refractivity contribution in [1.29, 1.82) is 0 Å². The van der Waals surface area contributed by atoms with Crippen LogP contribution in [-0.2, 0) is 6.42 Å². The molecule has 0 aliphatic heterocycles. The summed E-state index contributed by atoms with van der Waals surface area (Å²) in [6.07, 6.45) is 3.67. The summed E-state index contributed by atoms with van der Waals surface area (Å²) in [4.78, 5) is 0. The highest BCUT2D eigenvalue weighted by atomic mass is 14.9. The van der Waals surface area contributed by atoms with Gasteiger partial charge < -0.3 is 5.32 Å². The van der Waals surface area contributed by atoms with Crippen molar-refractivity contribution in [2.45, 2.75) is 32.0 Å². The SMILES string of the molecule is C=C(NC([B]C)Cc1ccccc1)C1CC1. The lowest BCUT2D eigenvalue weighted by atomic mass is 9.69. The van der Waals surface area contributed by atoms with Gasteiger partial charge in [0.25, 0.3) is 0 Å². The van der Waals surface area contributed by atoms with Gasteiger partial charge in [0.05, 0.1) is 0 Å². The lowest BCUT2D eigenvalue weighted by Gasteiger charge is -2.19. The zero-order valence-electron chi connectivity index (χ0n) is 9.95. The van der Waals surface area contributed by atoms with Crippen LogP contribution in [0.5, 0.6) is 0 Å². The van der Waals surface area contributed by atoms with Gasteiger partial charge in [-0.1, -0.05) is 43.7 Å². The Morgan fingerprint density at radius 2 is 2.12 bits per heavy atom. The van der Waals surface area contributed by atoms with Gasteiger partial charge in [0, 0.05) is 5.70 Å². The first-order chi connectivity index (χ1) is 7.79. The van der Waals surface area contributed by atoms with Crippen LogP contribution in [0.2, 0.25) is 6.82 Å². The van der Waals surface area contributed by atoms with E-state index in [1.54, 1.807) is 0 Å². The first-order valence-electron chi connectivity index (χ1n) is 6.08. The molecule has 1 unspecified atom stereocenters. The van der Waals surface area contributed by atoms with Gasteiger partial charge in [-0.15, -0.1) is 0 Å². The molecule has 1 atom stereocenters. The van der Waals surface area contributed by atoms with Gasteiger partial charge in [-0.05, 0) is 36.7 Å². The van der Waals surface area contributed by atoms with Crippen LogP contribution in [0.1, 0.15) is 18.4 Å². The topological polar surface area (TPSA) is 12.0 Å². The maximum absolute atomic E-state index is 4.11. The molecule has 1 aliphatic rings. The van der Waals surface area contributed by atoms with E-state index in [4.69, 9.17) is 0 Å². The van der Waals surface area contributed by atoms with Gasteiger partial charge in [0.1, 0.15) is 7.28 Å². The molecular formula is C14H19BN. The lowest BCUT2D eigenvalue weighted by molar-refractivity contribution is 0.680. The predicted molar refractivity (Wildman–Crippen MR) is 70.6 cm³/mol. The van der Waals surface area contributed by atoms with Crippen molar-refractivity contribution in [3.8, 4) is 0 Å². The Kier molecular flexibility index (Phi) is 3.71. The molecule has 0 spiro atoms. The predicted octanol–water partition coefficient (Wildman–Crippen LogP) is 2.82. The van der Waals surface area contributed by atoms with Gasteiger partial charge in [-0.2, -0.15) is 0 Å². The fourth-order valence-corrected chi connectivity index (χ4v) is 1.91. The van der Waals surface area contributed by atoms with Gasteiger partial charge >= 0.3 is 0 Å². The summed E-state index contributed by atoms with van der Waals surface area (Å²) < 4.78 is 0. The standard InChI is InChI=1S/C14H19BN/c1-11(13-8-9-13)16-14(15-2)10-12-6-4-3-5-7-12/h3-7,13-14,16H,1,8-10H2,2H3. The molecule has 1 nitrogen and oxygen atoms in total. The molecule has 0 heterocycles. The van der Waals surface area contributed by atoms with E-state index in [0.29, 0.717) is 5.94 Å². The molecule has 1 fully saturated rings. The molecule has 1 radical (unpaired) electrons. The van der Waals surface area contributed by atoms with Gasteiger partial charge in [-0.3, -0.25) is 0 Å². The van der Waals surface area contributed by atoms with Crippen LogP contribution in [0.3, 0.4) is 0 Å². The monoisotopic (exact) mass is 212 g/mol. The van der Waals surface area contributed by atoms with Crippen LogP contribution in [0.15, 0.2) is 42.6 Å². The molecule has 2 rings (SSSR count). The summed E-state index contributed by atoms with van der Waals surface area (Å²) in [5.41, 5.74) is 2.60. The van der Waals surface area contributed by atoms with E-state index in [1.807, 2.05) is 0 Å². The van der Waals surface area contributed by atoms with Crippen LogP contribution in [0.25, 0.3) is 0 Å². The van der Waals surface area contributed by atoms with Gasteiger partial charge in [0.15, 0.2) is 0 Å². The minimum absolute atomic E-state index is 0.412. The molecule has 2 heteroatoms. The molecular weight excluding hydrogens is 193 g/mol. The van der Waals surface area contributed by atoms with Crippen molar-refractivity contribution < 1.29 is 0 Å². The minimum atomic E-state index is 0.412. The third-order valence-electron chi connectivity index (χ3n) is 3.14. The van der Waals surface area contributed by atoms with Crippen molar-refractivity contribution in [2.75, 3.05) is 0 Å². The van der Waals surface area contributed by atoms with Crippen molar-refractivity contribution in [2.24, 2.45) is 5.92 Å². The van der Waals surface area contributed by atoms with Gasteiger partial charge in [-0.25, -0.2) is 0 Å². The van der Waals surface area contributed by atoms with Crippen molar-refractivity contribution in [1.82, 2.24) is 5.32 Å². The summed E-state index contributed by atoms with van der Waals surface area (Å²) >= 11 is 0. The molecule has 1 saturated carbocycles. The van der Waals surface area contributed by atoms with E-state index in [0.717, 1.165) is 12.3 Å². The van der Waals surface area contributed by atoms with Crippen molar-refractivity contribution >= 4 is 7.28 Å². The van der Waals surface area contributed by atoms with E-state index >= 15 is 0 Å². The van der Waals surface area contributed by atoms with Crippen molar-refractivity contribution in [3.63, 3.8) is 0 Å². The Hall–Kier alpha value is -1.18. The number of hydrogen-bond acceptors (Lipinski definition) is 1. The number of benzene rings is 1. The lowest BCUT2D eigenvalue weighted by Crippen LogP contribution is -2.35. The Morgan fingerprint density at radius 3 is 2.69 bits per heavy atom. The fraction of sp³-hybridized carbons (Fsp3) is 0.429. The van der Waals surface area contributed by atoms with E-state index < -0.39 is 0 Å². The second-order valence-corrected chi connectivity index (χ2v) is 4.57. The highest BCUT2D eigenvalue weighted by molar-refractivity contribution is 6.35. The summed E-state index contributed by atoms with van der Waals surface area (Å²) in [7, 11) is 2.22. The van der Waals surface area contributed by atoms with Crippen LogP contribution < -0.4 is 5.32 Å². The number of allylic oxidation sites excluding steroid dienone is 1. The van der Waals surface area contributed by atoms with E-state index in [-0.39, 0.29) is 0 Å². The quantitative estimate of drug-likeness (QED) is 0.715. The van der Waals surface area contributed by atoms with E-state index in [2.05, 4.69) is 56.3 Å². The number of hydrogen-bond donors (Lipinski definition) is 1. The van der Waals surface area contributed by atoms with E-state index in [1.165, 1.54) is 24.1 Å². The summed E-state index contributed by atoms with van der Waals surface area (Å²) in [6.45, 7) is 6.23. The second kappa shape index (κ2) is 5.24. The summed E-state index contributed by atoms with van der Waals surface area (Å²) in [5.74, 6) is 1.15. The molecule has 1 N–H and O–H groups in total. The smallest absolute Gasteiger partial charge is 0.137 e. The average Bonchev–Trinajstić information content (AvgIpc) is 3.13. The maximum Gasteiger partial charge on any atom is 0.137 e. The summed E-state index contributed by atoms with van der Waals surface area (Å²) in [6, 6.07) is 10.6. The molecule has 0 bridgehead atoms. The average molecular weight is 212 g/mol. The third-order valence-corrected chi connectivity index (χ3v) is 3.14. The fourth-order valence-electron chi connectivity index (χ4n) is 1.91. The molecule has 16 heavy (non-hydrogen) atoms. The number of nitrogens with one attached hydrogen (secondary N) is 1. The maximum atomic E-state index is 4.11. The number of rotatable bonds is 6. The van der Waals surface area contributed by atoms with Crippen LogP contribution in [0.4, 0.5) is 0 Å². The van der Waals surface area contributed by atoms with Crippen LogP contribution >= 0.6 is 0 Å².